The van der Waals surface area contributed by atoms with Gasteiger partial charge in [-0.25, -0.2) is 9.97 Å². The number of amides is 1. The second-order valence-corrected chi connectivity index (χ2v) is 7.41. The lowest BCUT2D eigenvalue weighted by molar-refractivity contribution is 0.0726. The van der Waals surface area contributed by atoms with Crippen LogP contribution in [0.5, 0.6) is 0 Å². The van der Waals surface area contributed by atoms with Gasteiger partial charge in [0.25, 0.3) is 5.91 Å². The van der Waals surface area contributed by atoms with Crippen molar-refractivity contribution in [3.8, 4) is 0 Å². The average Bonchev–Trinajstić information content (AvgIpc) is 3.37. The fraction of sp³-hybridized carbons (Fsp3) is 0.409. The fourth-order valence-corrected chi connectivity index (χ4v) is 4.24. The summed E-state index contributed by atoms with van der Waals surface area (Å²) in [5, 5.41) is 0. The molecule has 5 heteroatoms. The summed E-state index contributed by atoms with van der Waals surface area (Å²) in [5.41, 5.74) is 3.43. The summed E-state index contributed by atoms with van der Waals surface area (Å²) in [6.07, 6.45) is 9.35. The van der Waals surface area contributed by atoms with E-state index in [4.69, 9.17) is 0 Å². The molecule has 0 bridgehead atoms. The number of carbonyl (C=O) groups excluding carboxylic acids is 1. The molecule has 2 heterocycles. The molecule has 0 N–H and O–H groups in total. The molecule has 0 spiro atoms. The molecule has 1 aromatic carbocycles. The van der Waals surface area contributed by atoms with Gasteiger partial charge in [-0.15, -0.1) is 0 Å². The maximum Gasteiger partial charge on any atom is 0.255 e. The molecule has 5 nitrogen and oxygen atoms in total. The standard InChI is InChI=1S/C22H26N4O/c1-3-20(16-9-5-4-6-10-16)25(2)22(27)17-13-19-21(23-14-17)26(15-24-19)18-11-7-8-12-18/h4-6,9-10,13-15,18,20H,3,7-8,11-12H2,1-2H3. The molecule has 2 aromatic heterocycles. The Balaban J connectivity index is 1.60. The molecule has 4 rings (SSSR count). The van der Waals surface area contributed by atoms with Crippen LogP contribution in [0.2, 0.25) is 0 Å². The number of rotatable bonds is 5. The monoisotopic (exact) mass is 362 g/mol. The minimum absolute atomic E-state index is 0.0180. The zero-order chi connectivity index (χ0) is 18.8. The van der Waals surface area contributed by atoms with Crippen LogP contribution < -0.4 is 0 Å². The molecule has 27 heavy (non-hydrogen) atoms. The van der Waals surface area contributed by atoms with E-state index in [9.17, 15) is 4.79 Å². The third-order valence-corrected chi connectivity index (χ3v) is 5.74. The minimum atomic E-state index is -0.0180. The van der Waals surface area contributed by atoms with Crippen LogP contribution in [0.4, 0.5) is 0 Å². The number of fused-ring (bicyclic) bond motifs is 1. The number of aromatic nitrogens is 3. The molecule has 1 amide bonds. The lowest BCUT2D eigenvalue weighted by Gasteiger charge is -2.27. The zero-order valence-electron chi connectivity index (χ0n) is 16.0. The van der Waals surface area contributed by atoms with Crippen molar-refractivity contribution >= 4 is 17.1 Å². The van der Waals surface area contributed by atoms with Crippen molar-refractivity contribution in [2.24, 2.45) is 0 Å². The summed E-state index contributed by atoms with van der Waals surface area (Å²) in [7, 11) is 1.87. The van der Waals surface area contributed by atoms with Gasteiger partial charge in [0.05, 0.1) is 17.9 Å². The summed E-state index contributed by atoms with van der Waals surface area (Å²) >= 11 is 0. The highest BCUT2D eigenvalue weighted by atomic mass is 16.2. The van der Waals surface area contributed by atoms with E-state index in [0.717, 1.165) is 23.1 Å². The summed E-state index contributed by atoms with van der Waals surface area (Å²) in [4.78, 5) is 24.0. The first-order valence-corrected chi connectivity index (χ1v) is 9.83. The Hall–Kier alpha value is -2.69. The summed E-state index contributed by atoms with van der Waals surface area (Å²) in [6.45, 7) is 2.10. The molecule has 1 saturated carbocycles. The van der Waals surface area contributed by atoms with Gasteiger partial charge in [0.15, 0.2) is 5.65 Å². The third-order valence-electron chi connectivity index (χ3n) is 5.74. The van der Waals surface area contributed by atoms with Crippen molar-refractivity contribution in [1.82, 2.24) is 19.4 Å². The average molecular weight is 362 g/mol. The van der Waals surface area contributed by atoms with Crippen molar-refractivity contribution in [2.45, 2.75) is 51.1 Å². The van der Waals surface area contributed by atoms with E-state index in [2.05, 4.69) is 33.6 Å². The van der Waals surface area contributed by atoms with E-state index in [0.29, 0.717) is 11.6 Å². The van der Waals surface area contributed by atoms with Gasteiger partial charge >= 0.3 is 0 Å². The first-order valence-electron chi connectivity index (χ1n) is 9.83. The second kappa shape index (κ2) is 7.51. The molecule has 1 aliphatic rings. The number of carbonyl (C=O) groups is 1. The topological polar surface area (TPSA) is 51.0 Å². The molecule has 1 atom stereocenters. The van der Waals surface area contributed by atoms with Gasteiger partial charge in [-0.1, -0.05) is 50.1 Å². The van der Waals surface area contributed by atoms with Crippen molar-refractivity contribution in [2.75, 3.05) is 7.05 Å². The van der Waals surface area contributed by atoms with Gasteiger partial charge < -0.3 is 9.47 Å². The number of hydrogen-bond acceptors (Lipinski definition) is 3. The number of benzene rings is 1. The Morgan fingerprint density at radius 2 is 1.96 bits per heavy atom. The molecule has 140 valence electrons. The Kier molecular flexibility index (Phi) is 4.92. The van der Waals surface area contributed by atoms with Crippen molar-refractivity contribution in [1.29, 1.82) is 0 Å². The van der Waals surface area contributed by atoms with E-state index in [1.807, 2.05) is 42.5 Å². The van der Waals surface area contributed by atoms with E-state index in [-0.39, 0.29) is 11.9 Å². The van der Waals surface area contributed by atoms with Crippen molar-refractivity contribution in [3.63, 3.8) is 0 Å². The number of pyridine rings is 1. The van der Waals surface area contributed by atoms with Crippen molar-refractivity contribution < 1.29 is 4.79 Å². The van der Waals surface area contributed by atoms with Gasteiger partial charge in [-0.2, -0.15) is 0 Å². The molecular formula is C22H26N4O. The van der Waals surface area contributed by atoms with Gasteiger partial charge in [0.2, 0.25) is 0 Å². The molecule has 0 aliphatic heterocycles. The highest BCUT2D eigenvalue weighted by Crippen LogP contribution is 2.31. The summed E-state index contributed by atoms with van der Waals surface area (Å²) in [6, 6.07) is 12.6. The smallest absolute Gasteiger partial charge is 0.255 e. The summed E-state index contributed by atoms with van der Waals surface area (Å²) < 4.78 is 2.18. The molecular weight excluding hydrogens is 336 g/mol. The molecule has 0 saturated heterocycles. The minimum Gasteiger partial charge on any atom is -0.335 e. The zero-order valence-corrected chi connectivity index (χ0v) is 16.0. The quantitative estimate of drug-likeness (QED) is 0.657. The Morgan fingerprint density at radius 3 is 2.67 bits per heavy atom. The van der Waals surface area contributed by atoms with Crippen molar-refractivity contribution in [3.05, 3.63) is 60.0 Å². The van der Waals surface area contributed by atoms with Gasteiger partial charge in [-0.3, -0.25) is 4.79 Å². The van der Waals surface area contributed by atoms with Gasteiger partial charge in [0, 0.05) is 19.3 Å². The maximum absolute atomic E-state index is 13.1. The number of hydrogen-bond donors (Lipinski definition) is 0. The first kappa shape index (κ1) is 17.7. The normalized spacial score (nSPS) is 15.9. The largest absolute Gasteiger partial charge is 0.335 e. The highest BCUT2D eigenvalue weighted by molar-refractivity contribution is 5.96. The Labute approximate surface area is 160 Å². The van der Waals surface area contributed by atoms with E-state index in [1.54, 1.807) is 6.20 Å². The third kappa shape index (κ3) is 3.34. The van der Waals surface area contributed by atoms with E-state index in [1.165, 1.54) is 25.7 Å². The predicted molar refractivity (Wildman–Crippen MR) is 107 cm³/mol. The Morgan fingerprint density at radius 1 is 1.22 bits per heavy atom. The van der Waals surface area contributed by atoms with Gasteiger partial charge in [-0.05, 0) is 30.9 Å². The van der Waals surface area contributed by atoms with Crippen LogP contribution in [-0.2, 0) is 0 Å². The van der Waals surface area contributed by atoms with E-state index >= 15 is 0 Å². The van der Waals surface area contributed by atoms with Crippen LogP contribution in [-0.4, -0.2) is 32.4 Å². The van der Waals surface area contributed by atoms with Crippen LogP contribution in [0.1, 0.15) is 67.0 Å². The maximum atomic E-state index is 13.1. The second-order valence-electron chi connectivity index (χ2n) is 7.41. The molecule has 0 radical (unpaired) electrons. The molecule has 1 fully saturated rings. The number of nitrogens with zero attached hydrogens (tertiary/aromatic N) is 4. The Bertz CT molecular complexity index is 928. The molecule has 3 aromatic rings. The SMILES string of the molecule is CCC(c1ccccc1)N(C)C(=O)c1cnc2c(c1)ncn2C1CCCC1. The van der Waals surface area contributed by atoms with Crippen LogP contribution in [0, 0.1) is 0 Å². The predicted octanol–water partition coefficient (Wildman–Crippen LogP) is 4.77. The fourth-order valence-electron chi connectivity index (χ4n) is 4.24. The van der Waals surface area contributed by atoms with Crippen LogP contribution in [0.15, 0.2) is 48.9 Å². The van der Waals surface area contributed by atoms with Crippen LogP contribution >= 0.6 is 0 Å². The first-order chi connectivity index (χ1) is 13.2. The number of imidazole rings is 1. The lowest BCUT2D eigenvalue weighted by Crippen LogP contribution is -2.31. The van der Waals surface area contributed by atoms with Crippen LogP contribution in [0.3, 0.4) is 0 Å². The van der Waals surface area contributed by atoms with Gasteiger partial charge in [0.1, 0.15) is 5.52 Å². The summed E-state index contributed by atoms with van der Waals surface area (Å²) in [5.74, 6) is -0.0180. The van der Waals surface area contributed by atoms with E-state index < -0.39 is 0 Å². The lowest BCUT2D eigenvalue weighted by atomic mass is 10.0. The molecule has 1 aliphatic carbocycles. The molecule has 1 unspecified atom stereocenters. The van der Waals surface area contributed by atoms with Crippen LogP contribution in [0.25, 0.3) is 11.2 Å². The highest BCUT2D eigenvalue weighted by Gasteiger charge is 2.23.